The molecule has 1 heterocycles. The lowest BCUT2D eigenvalue weighted by atomic mass is 10.2. The summed E-state index contributed by atoms with van der Waals surface area (Å²) in [5.41, 5.74) is 6.41. The quantitative estimate of drug-likeness (QED) is 0.888. The number of nitrogens with zero attached hydrogens (tertiary/aromatic N) is 1. The summed E-state index contributed by atoms with van der Waals surface area (Å²) in [6.07, 6.45) is 1.34. The van der Waals surface area contributed by atoms with Crippen molar-refractivity contribution in [2.75, 3.05) is 11.1 Å². The Bertz CT molecular complexity index is 584. The summed E-state index contributed by atoms with van der Waals surface area (Å²) in [5, 5.41) is 3.53. The van der Waals surface area contributed by atoms with Crippen LogP contribution in [0.4, 0.5) is 11.5 Å². The standard InChI is InChI=1S/C12H9Cl2N3O/c13-7-1-3-8(4-2-7)17-12(18)9-5-11(15)16-6-10(9)14/h1-6H,(H2,15,16)(H,17,18). The van der Waals surface area contributed by atoms with Crippen LogP contribution in [0.25, 0.3) is 0 Å². The van der Waals surface area contributed by atoms with E-state index in [2.05, 4.69) is 10.3 Å². The molecule has 0 unspecified atom stereocenters. The van der Waals surface area contributed by atoms with Crippen LogP contribution in [-0.4, -0.2) is 10.9 Å². The molecule has 2 aromatic rings. The molecule has 4 nitrogen and oxygen atoms in total. The molecule has 1 amide bonds. The maximum atomic E-state index is 12.0. The zero-order chi connectivity index (χ0) is 13.1. The predicted octanol–water partition coefficient (Wildman–Crippen LogP) is 3.22. The number of aromatic nitrogens is 1. The molecule has 92 valence electrons. The van der Waals surface area contributed by atoms with Crippen LogP contribution < -0.4 is 11.1 Å². The number of hydrogen-bond donors (Lipinski definition) is 2. The Labute approximate surface area is 114 Å². The molecule has 0 fully saturated rings. The first-order chi connectivity index (χ1) is 8.56. The third-order valence-corrected chi connectivity index (χ3v) is 2.78. The molecular weight excluding hydrogens is 273 g/mol. The summed E-state index contributed by atoms with van der Waals surface area (Å²) < 4.78 is 0. The number of nitrogens with two attached hydrogens (primary N) is 1. The highest BCUT2D eigenvalue weighted by molar-refractivity contribution is 6.34. The normalized spacial score (nSPS) is 10.1. The molecule has 3 N–H and O–H groups in total. The Hall–Kier alpha value is -1.78. The van der Waals surface area contributed by atoms with Crippen LogP contribution in [0.15, 0.2) is 36.5 Å². The predicted molar refractivity (Wildman–Crippen MR) is 73.1 cm³/mol. The topological polar surface area (TPSA) is 68.0 Å². The second kappa shape index (κ2) is 5.25. The van der Waals surface area contributed by atoms with Gasteiger partial charge in [-0.05, 0) is 30.3 Å². The monoisotopic (exact) mass is 281 g/mol. The number of pyridine rings is 1. The molecule has 0 aliphatic carbocycles. The molecule has 0 bridgehead atoms. The highest BCUT2D eigenvalue weighted by Gasteiger charge is 2.11. The van der Waals surface area contributed by atoms with Crippen molar-refractivity contribution in [1.29, 1.82) is 0 Å². The lowest BCUT2D eigenvalue weighted by Crippen LogP contribution is -2.13. The molecule has 1 aromatic heterocycles. The van der Waals surface area contributed by atoms with E-state index in [0.717, 1.165) is 0 Å². The van der Waals surface area contributed by atoms with E-state index >= 15 is 0 Å². The van der Waals surface area contributed by atoms with E-state index in [1.54, 1.807) is 24.3 Å². The van der Waals surface area contributed by atoms with Crippen molar-refractivity contribution in [3.05, 3.63) is 52.1 Å². The second-order valence-corrected chi connectivity index (χ2v) is 4.39. The van der Waals surface area contributed by atoms with Crippen molar-refractivity contribution in [2.45, 2.75) is 0 Å². The van der Waals surface area contributed by atoms with Crippen LogP contribution in [-0.2, 0) is 0 Å². The summed E-state index contributed by atoms with van der Waals surface area (Å²) in [6, 6.07) is 8.17. The van der Waals surface area contributed by atoms with Gasteiger partial charge in [0.25, 0.3) is 5.91 Å². The molecule has 0 atom stereocenters. The minimum atomic E-state index is -0.351. The molecular formula is C12H9Cl2N3O. The van der Waals surface area contributed by atoms with Gasteiger partial charge < -0.3 is 11.1 Å². The minimum Gasteiger partial charge on any atom is -0.384 e. The fraction of sp³-hybridized carbons (Fsp3) is 0. The molecule has 0 radical (unpaired) electrons. The average Bonchev–Trinajstić information content (AvgIpc) is 2.35. The van der Waals surface area contributed by atoms with E-state index in [9.17, 15) is 4.79 Å². The molecule has 0 aliphatic heterocycles. The number of hydrogen-bond acceptors (Lipinski definition) is 3. The Kier molecular flexibility index (Phi) is 3.69. The molecule has 18 heavy (non-hydrogen) atoms. The van der Waals surface area contributed by atoms with Gasteiger partial charge in [-0.25, -0.2) is 4.98 Å². The van der Waals surface area contributed by atoms with Crippen LogP contribution in [0, 0.1) is 0 Å². The van der Waals surface area contributed by atoms with Gasteiger partial charge in [-0.2, -0.15) is 0 Å². The number of benzene rings is 1. The third kappa shape index (κ3) is 2.91. The highest BCUT2D eigenvalue weighted by Crippen LogP contribution is 2.19. The molecule has 1 aromatic carbocycles. The number of nitrogen functional groups attached to an aromatic ring is 1. The first-order valence-corrected chi connectivity index (χ1v) is 5.80. The van der Waals surface area contributed by atoms with Gasteiger partial charge in [0.1, 0.15) is 5.82 Å². The average molecular weight is 282 g/mol. The van der Waals surface area contributed by atoms with E-state index < -0.39 is 0 Å². The van der Waals surface area contributed by atoms with E-state index in [-0.39, 0.29) is 22.3 Å². The molecule has 0 spiro atoms. The summed E-state index contributed by atoms with van der Waals surface area (Å²) in [5.74, 6) is -0.114. The maximum absolute atomic E-state index is 12.0. The number of carbonyl (C=O) groups excluding carboxylic acids is 1. The number of carbonyl (C=O) groups is 1. The third-order valence-electron chi connectivity index (χ3n) is 2.22. The molecule has 6 heteroatoms. The Balaban J connectivity index is 2.21. The summed E-state index contributed by atoms with van der Waals surface area (Å²) >= 11 is 11.6. The number of halogens is 2. The van der Waals surface area contributed by atoms with Crippen molar-refractivity contribution in [2.24, 2.45) is 0 Å². The smallest absolute Gasteiger partial charge is 0.257 e. The van der Waals surface area contributed by atoms with E-state index in [4.69, 9.17) is 28.9 Å². The van der Waals surface area contributed by atoms with Gasteiger partial charge in [-0.1, -0.05) is 23.2 Å². The van der Waals surface area contributed by atoms with Crippen molar-refractivity contribution in [1.82, 2.24) is 4.98 Å². The molecule has 0 aliphatic rings. The van der Waals surface area contributed by atoms with Gasteiger partial charge in [-0.3, -0.25) is 4.79 Å². The van der Waals surface area contributed by atoms with Crippen LogP contribution in [0.2, 0.25) is 10.0 Å². The second-order valence-electron chi connectivity index (χ2n) is 3.55. The number of nitrogens with one attached hydrogen (secondary N) is 1. The first-order valence-electron chi connectivity index (χ1n) is 5.04. The molecule has 2 rings (SSSR count). The zero-order valence-electron chi connectivity index (χ0n) is 9.15. The van der Waals surface area contributed by atoms with Crippen molar-refractivity contribution in [3.63, 3.8) is 0 Å². The van der Waals surface area contributed by atoms with Gasteiger partial charge in [0, 0.05) is 16.9 Å². The largest absolute Gasteiger partial charge is 0.384 e. The summed E-state index contributed by atoms with van der Waals surface area (Å²) in [6.45, 7) is 0. The SMILES string of the molecule is Nc1cc(C(=O)Nc2ccc(Cl)cc2)c(Cl)cn1. The molecule has 0 saturated heterocycles. The van der Waals surface area contributed by atoms with Crippen molar-refractivity contribution < 1.29 is 4.79 Å². The van der Waals surface area contributed by atoms with E-state index in [1.165, 1.54) is 12.3 Å². The van der Waals surface area contributed by atoms with Gasteiger partial charge in [0.05, 0.1) is 10.6 Å². The van der Waals surface area contributed by atoms with Gasteiger partial charge in [-0.15, -0.1) is 0 Å². The Morgan fingerprint density at radius 1 is 1.22 bits per heavy atom. The Morgan fingerprint density at radius 2 is 1.89 bits per heavy atom. The van der Waals surface area contributed by atoms with Crippen LogP contribution in [0.1, 0.15) is 10.4 Å². The van der Waals surface area contributed by atoms with Gasteiger partial charge in [0.15, 0.2) is 0 Å². The Morgan fingerprint density at radius 3 is 2.56 bits per heavy atom. The van der Waals surface area contributed by atoms with E-state index in [1.807, 2.05) is 0 Å². The van der Waals surface area contributed by atoms with Gasteiger partial charge in [0.2, 0.25) is 0 Å². The fourth-order valence-electron chi connectivity index (χ4n) is 1.36. The van der Waals surface area contributed by atoms with Crippen molar-refractivity contribution >= 4 is 40.6 Å². The number of amides is 1. The fourth-order valence-corrected chi connectivity index (χ4v) is 1.68. The van der Waals surface area contributed by atoms with E-state index in [0.29, 0.717) is 10.7 Å². The first kappa shape index (κ1) is 12.7. The highest BCUT2D eigenvalue weighted by atomic mass is 35.5. The number of anilines is 2. The molecule has 0 saturated carbocycles. The van der Waals surface area contributed by atoms with Crippen LogP contribution >= 0.6 is 23.2 Å². The lowest BCUT2D eigenvalue weighted by Gasteiger charge is -2.07. The van der Waals surface area contributed by atoms with Crippen molar-refractivity contribution in [3.8, 4) is 0 Å². The minimum absolute atomic E-state index is 0.237. The summed E-state index contributed by atoms with van der Waals surface area (Å²) in [7, 11) is 0. The summed E-state index contributed by atoms with van der Waals surface area (Å²) in [4.78, 5) is 15.7. The maximum Gasteiger partial charge on any atom is 0.257 e. The van der Waals surface area contributed by atoms with Gasteiger partial charge >= 0.3 is 0 Å². The zero-order valence-corrected chi connectivity index (χ0v) is 10.7. The van der Waals surface area contributed by atoms with Crippen LogP contribution in [0.5, 0.6) is 0 Å². The number of rotatable bonds is 2. The van der Waals surface area contributed by atoms with Crippen LogP contribution in [0.3, 0.4) is 0 Å². The lowest BCUT2D eigenvalue weighted by molar-refractivity contribution is 0.102.